The number of nitrogens with zero attached hydrogens (tertiary/aromatic N) is 3. The van der Waals surface area contributed by atoms with Crippen LogP contribution in [0.2, 0.25) is 0 Å². The number of amides is 1. The molecule has 6 nitrogen and oxygen atoms in total. The maximum atomic E-state index is 13.3. The Morgan fingerprint density at radius 1 is 1.06 bits per heavy atom. The molecule has 170 valence electrons. The molecule has 0 unspecified atom stereocenters. The summed E-state index contributed by atoms with van der Waals surface area (Å²) in [5, 5.41) is 6.70. The molecule has 1 amide bonds. The first-order chi connectivity index (χ1) is 16.0. The second kappa shape index (κ2) is 9.92. The molecular weight excluding hydrogens is 434 g/mol. The molecule has 0 aliphatic rings. The number of aryl methyl sites for hydroxylation is 1. The van der Waals surface area contributed by atoms with Gasteiger partial charge in [0.05, 0.1) is 24.1 Å². The highest BCUT2D eigenvalue weighted by Crippen LogP contribution is 2.35. The van der Waals surface area contributed by atoms with Gasteiger partial charge in [-0.25, -0.2) is 4.68 Å². The molecule has 0 saturated heterocycles. The maximum absolute atomic E-state index is 13.3. The summed E-state index contributed by atoms with van der Waals surface area (Å²) in [4.78, 5) is 15.9. The van der Waals surface area contributed by atoms with E-state index in [9.17, 15) is 4.79 Å². The van der Waals surface area contributed by atoms with E-state index in [2.05, 4.69) is 0 Å². The Bertz CT molecular complexity index is 1220. The molecule has 2 heterocycles. The fourth-order valence-corrected chi connectivity index (χ4v) is 4.31. The molecule has 0 fully saturated rings. The van der Waals surface area contributed by atoms with Gasteiger partial charge in [-0.2, -0.15) is 5.10 Å². The topological polar surface area (TPSA) is 56.6 Å². The van der Waals surface area contributed by atoms with Crippen LogP contribution < -0.4 is 9.47 Å². The predicted molar refractivity (Wildman–Crippen MR) is 131 cm³/mol. The lowest BCUT2D eigenvalue weighted by molar-refractivity contribution is 0.0694. The first kappa shape index (κ1) is 22.6. The molecule has 0 aliphatic heterocycles. The van der Waals surface area contributed by atoms with Crippen molar-refractivity contribution in [1.82, 2.24) is 14.7 Å². The standard InChI is InChI=1S/C26H27N3O3S/c1-18(2)29(25(30)23-14-9-15-33-23)17-22-24(19-10-6-5-7-11-19)27-28(3)26(22)32-21-13-8-12-20(16-21)31-4/h5-16,18H,17H2,1-4H3. The zero-order valence-corrected chi connectivity index (χ0v) is 20.0. The fraction of sp³-hybridized carbons (Fsp3) is 0.231. The monoisotopic (exact) mass is 461 g/mol. The molecule has 0 aliphatic carbocycles. The minimum Gasteiger partial charge on any atom is -0.497 e. The van der Waals surface area contributed by atoms with Crippen LogP contribution in [0.3, 0.4) is 0 Å². The molecule has 0 saturated carbocycles. The quantitative estimate of drug-likeness (QED) is 0.323. The van der Waals surface area contributed by atoms with Crippen molar-refractivity contribution in [2.24, 2.45) is 7.05 Å². The largest absolute Gasteiger partial charge is 0.497 e. The summed E-state index contributed by atoms with van der Waals surface area (Å²) in [5.41, 5.74) is 2.61. The minimum absolute atomic E-state index is 0.00445. The third-order valence-corrected chi connectivity index (χ3v) is 6.19. The Balaban J connectivity index is 1.78. The summed E-state index contributed by atoms with van der Waals surface area (Å²) in [6, 6.07) is 21.2. The van der Waals surface area contributed by atoms with Gasteiger partial charge in [0.2, 0.25) is 5.88 Å². The molecule has 0 atom stereocenters. The lowest BCUT2D eigenvalue weighted by atomic mass is 10.1. The summed E-state index contributed by atoms with van der Waals surface area (Å²) in [6.45, 7) is 4.41. The van der Waals surface area contributed by atoms with Crippen LogP contribution in [0.25, 0.3) is 11.3 Å². The van der Waals surface area contributed by atoms with Crippen LogP contribution in [0.15, 0.2) is 72.1 Å². The summed E-state index contributed by atoms with van der Waals surface area (Å²) < 4.78 is 13.4. The number of hydrogen-bond acceptors (Lipinski definition) is 5. The van der Waals surface area contributed by atoms with Crippen molar-refractivity contribution >= 4 is 17.2 Å². The summed E-state index contributed by atoms with van der Waals surface area (Å²) in [7, 11) is 3.48. The van der Waals surface area contributed by atoms with Gasteiger partial charge in [-0.15, -0.1) is 11.3 Å². The lowest BCUT2D eigenvalue weighted by Crippen LogP contribution is -2.36. The van der Waals surface area contributed by atoms with Gasteiger partial charge in [-0.1, -0.05) is 42.5 Å². The molecular formula is C26H27N3O3S. The second-order valence-electron chi connectivity index (χ2n) is 7.91. The van der Waals surface area contributed by atoms with E-state index >= 15 is 0 Å². The van der Waals surface area contributed by atoms with E-state index in [0.717, 1.165) is 16.8 Å². The van der Waals surface area contributed by atoms with E-state index in [1.807, 2.05) is 97.9 Å². The number of hydrogen-bond donors (Lipinski definition) is 0. The number of carbonyl (C=O) groups excluding carboxylic acids is 1. The van der Waals surface area contributed by atoms with E-state index < -0.39 is 0 Å². The van der Waals surface area contributed by atoms with Gasteiger partial charge in [0.15, 0.2) is 0 Å². The van der Waals surface area contributed by atoms with Crippen molar-refractivity contribution < 1.29 is 14.3 Å². The molecule has 4 rings (SSSR count). The van der Waals surface area contributed by atoms with Crippen LogP contribution in [0.5, 0.6) is 17.4 Å². The second-order valence-corrected chi connectivity index (χ2v) is 8.85. The molecule has 33 heavy (non-hydrogen) atoms. The molecule has 0 spiro atoms. The first-order valence-electron chi connectivity index (χ1n) is 10.8. The summed E-state index contributed by atoms with van der Waals surface area (Å²) >= 11 is 1.45. The van der Waals surface area contributed by atoms with Crippen molar-refractivity contribution in [3.8, 4) is 28.6 Å². The van der Waals surface area contributed by atoms with E-state index in [0.29, 0.717) is 28.8 Å². The van der Waals surface area contributed by atoms with E-state index in [1.165, 1.54) is 11.3 Å². The van der Waals surface area contributed by atoms with Crippen molar-refractivity contribution in [1.29, 1.82) is 0 Å². The molecule has 2 aromatic heterocycles. The van der Waals surface area contributed by atoms with Crippen LogP contribution in [-0.4, -0.2) is 33.7 Å². The highest BCUT2D eigenvalue weighted by atomic mass is 32.1. The first-order valence-corrected chi connectivity index (χ1v) is 11.6. The SMILES string of the molecule is COc1cccc(Oc2c(CN(C(=O)c3cccs3)C(C)C)c(-c3ccccc3)nn2C)c1. The van der Waals surface area contributed by atoms with E-state index in [-0.39, 0.29) is 11.9 Å². The smallest absolute Gasteiger partial charge is 0.264 e. The third-order valence-electron chi connectivity index (χ3n) is 5.34. The Morgan fingerprint density at radius 2 is 1.82 bits per heavy atom. The van der Waals surface area contributed by atoms with Crippen molar-refractivity contribution in [2.45, 2.75) is 26.4 Å². The van der Waals surface area contributed by atoms with E-state index in [4.69, 9.17) is 14.6 Å². The predicted octanol–water partition coefficient (Wildman–Crippen LogP) is 6.00. The average Bonchev–Trinajstić information content (AvgIpc) is 3.47. The Hall–Kier alpha value is -3.58. The molecule has 7 heteroatoms. The van der Waals surface area contributed by atoms with Crippen molar-refractivity contribution in [3.63, 3.8) is 0 Å². The van der Waals surface area contributed by atoms with Gasteiger partial charge in [0.1, 0.15) is 17.2 Å². The maximum Gasteiger partial charge on any atom is 0.264 e. The van der Waals surface area contributed by atoms with Gasteiger partial charge in [-0.3, -0.25) is 4.79 Å². The zero-order chi connectivity index (χ0) is 23.4. The van der Waals surface area contributed by atoms with Gasteiger partial charge < -0.3 is 14.4 Å². The third kappa shape index (κ3) is 4.93. The van der Waals surface area contributed by atoms with Crippen LogP contribution in [0.1, 0.15) is 29.1 Å². The van der Waals surface area contributed by atoms with Gasteiger partial charge in [0.25, 0.3) is 5.91 Å². The van der Waals surface area contributed by atoms with Crippen LogP contribution in [-0.2, 0) is 13.6 Å². The highest BCUT2D eigenvalue weighted by Gasteiger charge is 2.27. The molecule has 0 bridgehead atoms. The van der Waals surface area contributed by atoms with E-state index in [1.54, 1.807) is 11.8 Å². The number of carbonyl (C=O) groups is 1. The lowest BCUT2D eigenvalue weighted by Gasteiger charge is -2.27. The number of ether oxygens (including phenoxy) is 2. The minimum atomic E-state index is -0.00639. The Morgan fingerprint density at radius 3 is 2.48 bits per heavy atom. The zero-order valence-electron chi connectivity index (χ0n) is 19.2. The van der Waals surface area contributed by atoms with Crippen LogP contribution in [0.4, 0.5) is 0 Å². The van der Waals surface area contributed by atoms with Crippen LogP contribution >= 0.6 is 11.3 Å². The fourth-order valence-electron chi connectivity index (χ4n) is 3.63. The number of benzene rings is 2. The highest BCUT2D eigenvalue weighted by molar-refractivity contribution is 7.12. The number of methoxy groups -OCH3 is 1. The van der Waals surface area contributed by atoms with Gasteiger partial charge in [0, 0.05) is 24.7 Å². The number of thiophene rings is 1. The number of rotatable bonds is 8. The average molecular weight is 462 g/mol. The molecule has 0 radical (unpaired) electrons. The van der Waals surface area contributed by atoms with Crippen molar-refractivity contribution in [2.75, 3.05) is 7.11 Å². The summed E-state index contributed by atoms with van der Waals surface area (Å²) in [6.07, 6.45) is 0. The van der Waals surface area contributed by atoms with Gasteiger partial charge >= 0.3 is 0 Å². The molecule has 2 aromatic carbocycles. The molecule has 4 aromatic rings. The molecule has 0 N–H and O–H groups in total. The Labute approximate surface area is 198 Å². The number of aromatic nitrogens is 2. The Kier molecular flexibility index (Phi) is 6.79. The van der Waals surface area contributed by atoms with Gasteiger partial charge in [-0.05, 0) is 37.4 Å². The van der Waals surface area contributed by atoms with Crippen molar-refractivity contribution in [3.05, 3.63) is 82.6 Å². The van der Waals surface area contributed by atoms with Crippen LogP contribution in [0, 0.1) is 0 Å². The summed E-state index contributed by atoms with van der Waals surface area (Å²) in [5.74, 6) is 1.93. The normalized spacial score (nSPS) is 10.9.